The van der Waals surface area contributed by atoms with Gasteiger partial charge in [-0.2, -0.15) is 0 Å². The fraction of sp³-hybridized carbons (Fsp3) is 0.571. The van der Waals surface area contributed by atoms with Crippen molar-refractivity contribution in [2.45, 2.75) is 45.2 Å². The quantitative estimate of drug-likeness (QED) is 0.770. The molecule has 1 aromatic rings. The lowest BCUT2D eigenvalue weighted by Crippen LogP contribution is -2.28. The Labute approximate surface area is 97.7 Å². The zero-order chi connectivity index (χ0) is 11.4. The van der Waals surface area contributed by atoms with Crippen LogP contribution in [-0.4, -0.2) is 11.1 Å². The molecule has 1 saturated carbocycles. The van der Waals surface area contributed by atoms with E-state index < -0.39 is 0 Å². The van der Waals surface area contributed by atoms with Crippen LogP contribution in [0.15, 0.2) is 24.3 Å². The maximum absolute atomic E-state index is 9.36. The van der Waals surface area contributed by atoms with Gasteiger partial charge in [0.25, 0.3) is 0 Å². The molecule has 1 unspecified atom stereocenters. The second-order valence-corrected chi connectivity index (χ2v) is 4.84. The van der Waals surface area contributed by atoms with Crippen molar-refractivity contribution in [1.29, 1.82) is 0 Å². The number of phenols is 1. The molecule has 0 saturated heterocycles. The van der Waals surface area contributed by atoms with Crippen molar-refractivity contribution >= 4 is 0 Å². The highest BCUT2D eigenvalue weighted by Crippen LogP contribution is 2.34. The van der Waals surface area contributed by atoms with Gasteiger partial charge >= 0.3 is 0 Å². The second kappa shape index (κ2) is 5.35. The molecule has 0 radical (unpaired) electrons. The van der Waals surface area contributed by atoms with Crippen molar-refractivity contribution in [2.75, 3.05) is 0 Å². The molecule has 1 aliphatic rings. The molecule has 1 fully saturated rings. The first kappa shape index (κ1) is 11.5. The van der Waals surface area contributed by atoms with E-state index in [-0.39, 0.29) is 0 Å². The first-order valence-corrected chi connectivity index (χ1v) is 6.29. The maximum atomic E-state index is 9.36. The summed E-state index contributed by atoms with van der Waals surface area (Å²) in [6.07, 6.45) is 5.35. The van der Waals surface area contributed by atoms with Gasteiger partial charge in [0.2, 0.25) is 0 Å². The van der Waals surface area contributed by atoms with Crippen molar-refractivity contribution in [3.8, 4) is 5.75 Å². The highest BCUT2D eigenvalue weighted by molar-refractivity contribution is 5.26. The molecular formula is C14H21NO. The predicted molar refractivity (Wildman–Crippen MR) is 66.4 cm³/mol. The topological polar surface area (TPSA) is 32.3 Å². The molecule has 2 rings (SSSR count). The van der Waals surface area contributed by atoms with Crippen LogP contribution >= 0.6 is 0 Å². The second-order valence-electron chi connectivity index (χ2n) is 4.84. The van der Waals surface area contributed by atoms with Gasteiger partial charge in [-0.05, 0) is 36.5 Å². The predicted octanol–water partition coefficient (Wildman–Crippen LogP) is 3.06. The Balaban J connectivity index is 1.80. The van der Waals surface area contributed by atoms with Crippen molar-refractivity contribution in [3.05, 3.63) is 29.8 Å². The van der Waals surface area contributed by atoms with E-state index in [1.807, 2.05) is 12.1 Å². The molecule has 0 aliphatic heterocycles. The summed E-state index contributed by atoms with van der Waals surface area (Å²) in [7, 11) is 0. The first-order valence-electron chi connectivity index (χ1n) is 6.29. The lowest BCUT2D eigenvalue weighted by Gasteiger charge is -2.16. The Bertz CT molecular complexity index is 333. The van der Waals surface area contributed by atoms with Gasteiger partial charge in [0, 0.05) is 12.6 Å². The molecule has 0 spiro atoms. The minimum Gasteiger partial charge on any atom is -0.508 e. The first-order chi connectivity index (χ1) is 7.78. The average Bonchev–Trinajstić information content (AvgIpc) is 3.08. The Morgan fingerprint density at radius 2 is 2.25 bits per heavy atom. The molecule has 2 nitrogen and oxygen atoms in total. The van der Waals surface area contributed by atoms with E-state index in [1.54, 1.807) is 6.07 Å². The highest BCUT2D eigenvalue weighted by Gasteiger charge is 2.24. The standard InChI is InChI=1S/C14H21NO/c1-2-13(8-11-6-7-11)15-10-12-4-3-5-14(16)9-12/h3-5,9,11,13,15-16H,2,6-8,10H2,1H3. The van der Waals surface area contributed by atoms with Crippen molar-refractivity contribution in [3.63, 3.8) is 0 Å². The summed E-state index contributed by atoms with van der Waals surface area (Å²) in [5, 5.41) is 12.9. The van der Waals surface area contributed by atoms with Gasteiger partial charge in [0.05, 0.1) is 0 Å². The van der Waals surface area contributed by atoms with Crippen molar-refractivity contribution in [2.24, 2.45) is 5.92 Å². The van der Waals surface area contributed by atoms with E-state index in [2.05, 4.69) is 18.3 Å². The zero-order valence-corrected chi connectivity index (χ0v) is 9.95. The summed E-state index contributed by atoms with van der Waals surface area (Å²) < 4.78 is 0. The molecule has 0 amide bonds. The molecule has 0 aromatic heterocycles. The van der Waals surface area contributed by atoms with Crippen molar-refractivity contribution < 1.29 is 5.11 Å². The molecule has 2 N–H and O–H groups in total. The number of nitrogens with one attached hydrogen (secondary N) is 1. The summed E-state index contributed by atoms with van der Waals surface area (Å²) in [6, 6.07) is 8.13. The van der Waals surface area contributed by atoms with E-state index in [0.29, 0.717) is 11.8 Å². The molecule has 88 valence electrons. The van der Waals surface area contributed by atoms with Crippen LogP contribution in [-0.2, 0) is 6.54 Å². The third-order valence-electron chi connectivity index (χ3n) is 3.31. The smallest absolute Gasteiger partial charge is 0.115 e. The Hall–Kier alpha value is -1.02. The monoisotopic (exact) mass is 219 g/mol. The fourth-order valence-corrected chi connectivity index (χ4v) is 2.08. The number of hydrogen-bond acceptors (Lipinski definition) is 2. The summed E-state index contributed by atoms with van der Waals surface area (Å²) in [5.41, 5.74) is 1.16. The number of phenolic OH excluding ortho intramolecular Hbond substituents is 1. The van der Waals surface area contributed by atoms with Gasteiger partial charge < -0.3 is 10.4 Å². The van der Waals surface area contributed by atoms with Crippen LogP contribution in [0.1, 0.15) is 38.2 Å². The summed E-state index contributed by atoms with van der Waals surface area (Å²) >= 11 is 0. The molecule has 1 aromatic carbocycles. The number of rotatable bonds is 6. The third kappa shape index (κ3) is 3.53. The minimum absolute atomic E-state index is 0.356. The lowest BCUT2D eigenvalue weighted by molar-refractivity contribution is 0.442. The van der Waals surface area contributed by atoms with E-state index in [0.717, 1.165) is 18.0 Å². The van der Waals surface area contributed by atoms with Crippen LogP contribution in [0, 0.1) is 5.92 Å². The molecule has 16 heavy (non-hydrogen) atoms. The fourth-order valence-electron chi connectivity index (χ4n) is 2.08. The van der Waals surface area contributed by atoms with Gasteiger partial charge in [-0.3, -0.25) is 0 Å². The maximum Gasteiger partial charge on any atom is 0.115 e. The highest BCUT2D eigenvalue weighted by atomic mass is 16.3. The molecule has 0 bridgehead atoms. The molecular weight excluding hydrogens is 198 g/mol. The number of benzene rings is 1. The molecule has 2 heteroatoms. The van der Waals surface area contributed by atoms with Gasteiger partial charge in [0.15, 0.2) is 0 Å². The number of hydrogen-bond donors (Lipinski definition) is 2. The third-order valence-corrected chi connectivity index (χ3v) is 3.31. The summed E-state index contributed by atoms with van der Waals surface area (Å²) in [6.45, 7) is 3.10. The number of aromatic hydroxyl groups is 1. The normalized spacial score (nSPS) is 17.3. The van der Waals surface area contributed by atoms with E-state index in [1.165, 1.54) is 25.7 Å². The Morgan fingerprint density at radius 1 is 1.44 bits per heavy atom. The van der Waals surface area contributed by atoms with Gasteiger partial charge in [-0.1, -0.05) is 31.9 Å². The van der Waals surface area contributed by atoms with Gasteiger partial charge in [-0.15, -0.1) is 0 Å². The molecule has 0 heterocycles. The summed E-state index contributed by atoms with van der Waals surface area (Å²) in [5.74, 6) is 1.33. The average molecular weight is 219 g/mol. The van der Waals surface area contributed by atoms with Crippen LogP contribution in [0.5, 0.6) is 5.75 Å². The van der Waals surface area contributed by atoms with Crippen LogP contribution in [0.2, 0.25) is 0 Å². The van der Waals surface area contributed by atoms with E-state index >= 15 is 0 Å². The van der Waals surface area contributed by atoms with E-state index in [9.17, 15) is 5.11 Å². The lowest BCUT2D eigenvalue weighted by atomic mass is 10.1. The zero-order valence-electron chi connectivity index (χ0n) is 9.95. The molecule has 1 atom stereocenters. The van der Waals surface area contributed by atoms with E-state index in [4.69, 9.17) is 0 Å². The molecule has 1 aliphatic carbocycles. The van der Waals surface area contributed by atoms with Crippen LogP contribution < -0.4 is 5.32 Å². The SMILES string of the molecule is CCC(CC1CC1)NCc1cccc(O)c1. The Morgan fingerprint density at radius 3 is 2.88 bits per heavy atom. The minimum atomic E-state index is 0.356. The van der Waals surface area contributed by atoms with Gasteiger partial charge in [-0.25, -0.2) is 0 Å². The Kier molecular flexibility index (Phi) is 3.83. The van der Waals surface area contributed by atoms with Crippen molar-refractivity contribution in [1.82, 2.24) is 5.32 Å². The van der Waals surface area contributed by atoms with Crippen LogP contribution in [0.4, 0.5) is 0 Å². The summed E-state index contributed by atoms with van der Waals surface area (Å²) in [4.78, 5) is 0. The van der Waals surface area contributed by atoms with Crippen LogP contribution in [0.3, 0.4) is 0 Å². The van der Waals surface area contributed by atoms with Gasteiger partial charge in [0.1, 0.15) is 5.75 Å². The largest absolute Gasteiger partial charge is 0.508 e. The van der Waals surface area contributed by atoms with Crippen LogP contribution in [0.25, 0.3) is 0 Å².